The normalized spacial score (nSPS) is 15.1. The predicted molar refractivity (Wildman–Crippen MR) is 134 cm³/mol. The summed E-state index contributed by atoms with van der Waals surface area (Å²) in [4.78, 5) is 14.1. The van der Waals surface area contributed by atoms with Crippen LogP contribution in [0.15, 0.2) is 65.8 Å². The molecule has 0 amide bonds. The number of aromatic nitrogens is 3. The van der Waals surface area contributed by atoms with E-state index in [1.165, 1.54) is 28.7 Å². The zero-order valence-electron chi connectivity index (χ0n) is 20.1. The number of pyridine rings is 1. The van der Waals surface area contributed by atoms with Gasteiger partial charge in [-0.3, -0.25) is 4.98 Å². The first kappa shape index (κ1) is 25.8. The SMILES string of the molecule is Cc1nc(N2CCN(S(=O)(=O)c3ccc(Nc4ccnc5cc(C(F)(F)F)ccc45)cc3)CC2)ncc1F. The van der Waals surface area contributed by atoms with E-state index in [0.717, 1.165) is 18.3 Å². The van der Waals surface area contributed by atoms with Crippen LogP contribution in [0.4, 0.5) is 34.9 Å². The van der Waals surface area contributed by atoms with Crippen LogP contribution >= 0.6 is 0 Å². The second-order valence-corrected chi connectivity index (χ2v) is 10.7. The molecule has 38 heavy (non-hydrogen) atoms. The summed E-state index contributed by atoms with van der Waals surface area (Å²) in [5, 5.41) is 3.61. The first-order chi connectivity index (χ1) is 18.0. The van der Waals surface area contributed by atoms with Gasteiger partial charge in [0.1, 0.15) is 0 Å². The summed E-state index contributed by atoms with van der Waals surface area (Å²) in [6.07, 6.45) is -1.96. The van der Waals surface area contributed by atoms with E-state index in [1.807, 2.05) is 4.90 Å². The fraction of sp³-hybridized carbons (Fsp3) is 0.240. The van der Waals surface area contributed by atoms with E-state index < -0.39 is 27.6 Å². The Balaban J connectivity index is 1.28. The van der Waals surface area contributed by atoms with Gasteiger partial charge in [-0.15, -0.1) is 0 Å². The van der Waals surface area contributed by atoms with E-state index in [0.29, 0.717) is 35.8 Å². The molecule has 2 aromatic heterocycles. The number of hydrogen-bond donors (Lipinski definition) is 1. The molecule has 8 nitrogen and oxygen atoms in total. The average Bonchev–Trinajstić information content (AvgIpc) is 2.90. The second-order valence-electron chi connectivity index (χ2n) is 8.73. The van der Waals surface area contributed by atoms with Crippen molar-refractivity contribution in [2.75, 3.05) is 36.4 Å². The van der Waals surface area contributed by atoms with Crippen LogP contribution in [-0.2, 0) is 16.2 Å². The summed E-state index contributed by atoms with van der Waals surface area (Å²) in [5.74, 6) is -0.143. The fourth-order valence-electron chi connectivity index (χ4n) is 4.17. The molecule has 2 aromatic carbocycles. The molecular formula is C25H22F4N6O2S. The van der Waals surface area contributed by atoms with Crippen molar-refractivity contribution < 1.29 is 26.0 Å². The van der Waals surface area contributed by atoms with Gasteiger partial charge in [0.05, 0.1) is 27.9 Å². The first-order valence-corrected chi connectivity index (χ1v) is 13.0. The highest BCUT2D eigenvalue weighted by Crippen LogP contribution is 2.33. The van der Waals surface area contributed by atoms with Crippen molar-refractivity contribution in [3.8, 4) is 0 Å². The molecule has 1 saturated heterocycles. The van der Waals surface area contributed by atoms with Crippen molar-refractivity contribution >= 4 is 38.2 Å². The molecule has 198 valence electrons. The summed E-state index contributed by atoms with van der Waals surface area (Å²) in [5.41, 5.74) is 0.720. The Morgan fingerprint density at radius 2 is 1.66 bits per heavy atom. The molecular weight excluding hydrogens is 524 g/mol. The number of rotatable bonds is 5. The number of aryl methyl sites for hydroxylation is 1. The van der Waals surface area contributed by atoms with Crippen LogP contribution in [0.3, 0.4) is 0 Å². The van der Waals surface area contributed by atoms with E-state index in [-0.39, 0.29) is 29.2 Å². The highest BCUT2D eigenvalue weighted by Gasteiger charge is 2.31. The fourth-order valence-corrected chi connectivity index (χ4v) is 5.59. The molecule has 1 fully saturated rings. The van der Waals surface area contributed by atoms with Crippen LogP contribution in [0.2, 0.25) is 0 Å². The summed E-state index contributed by atoms with van der Waals surface area (Å²) >= 11 is 0. The summed E-state index contributed by atoms with van der Waals surface area (Å²) in [7, 11) is -3.76. The monoisotopic (exact) mass is 546 g/mol. The van der Waals surface area contributed by atoms with Crippen LogP contribution in [0.1, 0.15) is 11.3 Å². The molecule has 1 aliphatic heterocycles. The lowest BCUT2D eigenvalue weighted by Crippen LogP contribution is -2.49. The van der Waals surface area contributed by atoms with E-state index in [4.69, 9.17) is 0 Å². The number of halogens is 4. The van der Waals surface area contributed by atoms with Crippen LogP contribution in [-0.4, -0.2) is 53.9 Å². The van der Waals surface area contributed by atoms with Gasteiger partial charge in [-0.2, -0.15) is 17.5 Å². The van der Waals surface area contributed by atoms with Crippen molar-refractivity contribution in [1.82, 2.24) is 19.3 Å². The first-order valence-electron chi connectivity index (χ1n) is 11.6. The second kappa shape index (κ2) is 9.80. The Hall–Kier alpha value is -3.84. The summed E-state index contributed by atoms with van der Waals surface area (Å²) in [6.45, 7) is 2.68. The molecule has 1 N–H and O–H groups in total. The van der Waals surface area contributed by atoms with Gasteiger partial charge in [0.15, 0.2) is 5.82 Å². The zero-order valence-corrected chi connectivity index (χ0v) is 20.9. The molecule has 1 aliphatic rings. The minimum Gasteiger partial charge on any atom is -0.355 e. The largest absolute Gasteiger partial charge is 0.416 e. The molecule has 4 aromatic rings. The smallest absolute Gasteiger partial charge is 0.355 e. The van der Waals surface area contributed by atoms with Gasteiger partial charge in [0, 0.05) is 49.1 Å². The third-order valence-corrected chi connectivity index (χ3v) is 8.18. The molecule has 0 unspecified atom stereocenters. The van der Waals surface area contributed by atoms with E-state index in [1.54, 1.807) is 25.1 Å². The number of piperazine rings is 1. The Bertz CT molecular complexity index is 1590. The van der Waals surface area contributed by atoms with Crippen LogP contribution in [0.25, 0.3) is 10.9 Å². The molecule has 0 atom stereocenters. The average molecular weight is 547 g/mol. The number of hydrogen-bond acceptors (Lipinski definition) is 7. The van der Waals surface area contributed by atoms with Gasteiger partial charge in [-0.25, -0.2) is 22.8 Å². The van der Waals surface area contributed by atoms with Crippen molar-refractivity contribution in [2.24, 2.45) is 0 Å². The maximum absolute atomic E-state index is 13.5. The maximum Gasteiger partial charge on any atom is 0.416 e. The number of benzene rings is 2. The molecule has 0 aliphatic carbocycles. The standard InChI is InChI=1S/C25H22F4N6O2S/c1-16-21(26)15-31-24(32-16)34-10-12-35(13-11-34)38(36,37)19-5-3-18(4-6-19)33-22-8-9-30-23-14-17(25(27,28)29)2-7-20(22)23/h2-9,14-15H,10-13H2,1H3,(H,30,33). The lowest BCUT2D eigenvalue weighted by atomic mass is 10.1. The number of fused-ring (bicyclic) bond motifs is 1. The molecule has 13 heteroatoms. The summed E-state index contributed by atoms with van der Waals surface area (Å²) < 4.78 is 80.3. The molecule has 3 heterocycles. The highest BCUT2D eigenvalue weighted by molar-refractivity contribution is 7.89. The van der Waals surface area contributed by atoms with E-state index in [2.05, 4.69) is 20.3 Å². The van der Waals surface area contributed by atoms with Gasteiger partial charge in [0.2, 0.25) is 16.0 Å². The van der Waals surface area contributed by atoms with Crippen molar-refractivity contribution in [1.29, 1.82) is 0 Å². The number of alkyl halides is 3. The van der Waals surface area contributed by atoms with Crippen molar-refractivity contribution in [2.45, 2.75) is 18.0 Å². The highest BCUT2D eigenvalue weighted by atomic mass is 32.2. The topological polar surface area (TPSA) is 91.3 Å². The Kier molecular flexibility index (Phi) is 6.65. The zero-order chi connectivity index (χ0) is 27.1. The number of nitrogens with one attached hydrogen (secondary N) is 1. The molecule has 0 bridgehead atoms. The van der Waals surface area contributed by atoms with Crippen molar-refractivity contribution in [3.63, 3.8) is 0 Å². The summed E-state index contributed by atoms with van der Waals surface area (Å²) in [6, 6.07) is 11.1. The van der Waals surface area contributed by atoms with Gasteiger partial charge in [-0.1, -0.05) is 6.07 Å². The predicted octanol–water partition coefficient (Wildman–Crippen LogP) is 4.75. The molecule has 0 spiro atoms. The Morgan fingerprint density at radius 3 is 2.32 bits per heavy atom. The molecule has 0 saturated carbocycles. The van der Waals surface area contributed by atoms with E-state index >= 15 is 0 Å². The molecule has 5 rings (SSSR count). The van der Waals surface area contributed by atoms with Gasteiger partial charge >= 0.3 is 6.18 Å². The number of nitrogens with zero attached hydrogens (tertiary/aromatic N) is 5. The quantitative estimate of drug-likeness (QED) is 0.362. The maximum atomic E-state index is 13.5. The number of anilines is 3. The lowest BCUT2D eigenvalue weighted by Gasteiger charge is -2.34. The Morgan fingerprint density at radius 1 is 0.947 bits per heavy atom. The lowest BCUT2D eigenvalue weighted by molar-refractivity contribution is -0.137. The third kappa shape index (κ3) is 5.11. The molecule has 0 radical (unpaired) electrons. The van der Waals surface area contributed by atoms with Crippen LogP contribution < -0.4 is 10.2 Å². The minimum absolute atomic E-state index is 0.111. The van der Waals surface area contributed by atoms with Gasteiger partial charge in [0.25, 0.3) is 0 Å². The minimum atomic E-state index is -4.47. The van der Waals surface area contributed by atoms with Crippen LogP contribution in [0, 0.1) is 12.7 Å². The van der Waals surface area contributed by atoms with Gasteiger partial charge < -0.3 is 10.2 Å². The Labute approximate surface area is 216 Å². The van der Waals surface area contributed by atoms with Gasteiger partial charge in [-0.05, 0) is 49.4 Å². The third-order valence-electron chi connectivity index (χ3n) is 6.27. The number of sulfonamides is 1. The van der Waals surface area contributed by atoms with E-state index in [9.17, 15) is 26.0 Å². The van der Waals surface area contributed by atoms with Crippen molar-refractivity contribution in [3.05, 3.63) is 78.0 Å². The van der Waals surface area contributed by atoms with Crippen LogP contribution in [0.5, 0.6) is 0 Å².